The summed E-state index contributed by atoms with van der Waals surface area (Å²) in [6.07, 6.45) is -4.53. The maximum atomic E-state index is 12.9. The minimum absolute atomic E-state index is 0.192. The Morgan fingerprint density at radius 1 is 1.25 bits per heavy atom. The number of hydrogen-bond acceptors (Lipinski definition) is 2. The molecule has 2 amide bonds. The van der Waals surface area contributed by atoms with Crippen LogP contribution in [0.3, 0.4) is 0 Å². The lowest BCUT2D eigenvalue weighted by atomic mass is 10.1. The van der Waals surface area contributed by atoms with Crippen molar-refractivity contribution in [1.82, 2.24) is 15.1 Å². The molecule has 0 aliphatic carbocycles. The monoisotopic (exact) mass is 340 g/mol. The van der Waals surface area contributed by atoms with Gasteiger partial charge in [0.25, 0.3) is 0 Å². The fourth-order valence-corrected chi connectivity index (χ4v) is 2.47. The van der Waals surface area contributed by atoms with Crippen molar-refractivity contribution in [3.05, 3.63) is 46.8 Å². The highest BCUT2D eigenvalue weighted by atomic mass is 19.4. The second-order valence-corrected chi connectivity index (χ2v) is 5.32. The van der Waals surface area contributed by atoms with Crippen LogP contribution in [-0.2, 0) is 19.3 Å². The van der Waals surface area contributed by atoms with Gasteiger partial charge in [0.05, 0.1) is 16.9 Å². The van der Waals surface area contributed by atoms with E-state index in [1.54, 1.807) is 0 Å². The number of carbonyl (C=O) groups excluding carboxylic acids is 1. The molecule has 2 rings (SSSR count). The van der Waals surface area contributed by atoms with E-state index in [0.29, 0.717) is 6.54 Å². The van der Waals surface area contributed by atoms with Crippen LogP contribution in [0.2, 0.25) is 0 Å². The zero-order valence-electron chi connectivity index (χ0n) is 13.7. The standard InChI is InChI=1S/C16H19F3N4O/c1-4-23-11(3)12(10(2)22-23)9-20-15(24)21-14-8-6-5-7-13(14)16(17,18)19/h5-8H,4,9H2,1-3H3,(H2,20,21,24). The van der Waals surface area contributed by atoms with Gasteiger partial charge in [0, 0.05) is 24.3 Å². The Hall–Kier alpha value is -2.51. The highest BCUT2D eigenvalue weighted by molar-refractivity contribution is 5.90. The maximum Gasteiger partial charge on any atom is 0.418 e. The molecule has 0 unspecified atom stereocenters. The minimum Gasteiger partial charge on any atom is -0.334 e. The molecule has 0 spiro atoms. The zero-order chi connectivity index (χ0) is 17.9. The number of urea groups is 1. The minimum atomic E-state index is -4.53. The molecule has 0 bridgehead atoms. The highest BCUT2D eigenvalue weighted by Gasteiger charge is 2.33. The van der Waals surface area contributed by atoms with E-state index < -0.39 is 17.8 Å². The Morgan fingerprint density at radius 3 is 2.50 bits per heavy atom. The number of nitrogens with one attached hydrogen (secondary N) is 2. The third-order valence-electron chi connectivity index (χ3n) is 3.74. The van der Waals surface area contributed by atoms with Crippen LogP contribution in [0.15, 0.2) is 24.3 Å². The van der Waals surface area contributed by atoms with E-state index >= 15 is 0 Å². The van der Waals surface area contributed by atoms with Gasteiger partial charge in [0.15, 0.2) is 0 Å². The van der Waals surface area contributed by atoms with Crippen molar-refractivity contribution >= 4 is 11.7 Å². The molecule has 130 valence electrons. The average Bonchev–Trinajstić information content (AvgIpc) is 2.78. The predicted molar refractivity (Wildman–Crippen MR) is 84.7 cm³/mol. The number of aromatic nitrogens is 2. The molecule has 1 aromatic heterocycles. The number of carbonyl (C=O) groups is 1. The lowest BCUT2D eigenvalue weighted by molar-refractivity contribution is -0.136. The van der Waals surface area contributed by atoms with Crippen LogP contribution < -0.4 is 10.6 Å². The van der Waals surface area contributed by atoms with Crippen LogP contribution in [-0.4, -0.2) is 15.8 Å². The Balaban J connectivity index is 2.07. The van der Waals surface area contributed by atoms with Gasteiger partial charge in [-0.1, -0.05) is 12.1 Å². The van der Waals surface area contributed by atoms with Gasteiger partial charge in [-0.2, -0.15) is 18.3 Å². The van der Waals surface area contributed by atoms with E-state index in [4.69, 9.17) is 0 Å². The molecule has 24 heavy (non-hydrogen) atoms. The van der Waals surface area contributed by atoms with Crippen molar-refractivity contribution in [3.8, 4) is 0 Å². The molecule has 0 aliphatic heterocycles. The van der Waals surface area contributed by atoms with Crippen LogP contribution in [0.5, 0.6) is 0 Å². The van der Waals surface area contributed by atoms with E-state index in [1.807, 2.05) is 25.5 Å². The summed E-state index contributed by atoms with van der Waals surface area (Å²) in [5, 5.41) is 9.16. The summed E-state index contributed by atoms with van der Waals surface area (Å²) >= 11 is 0. The molecule has 0 aliphatic rings. The molecule has 0 radical (unpaired) electrons. The third-order valence-corrected chi connectivity index (χ3v) is 3.74. The lowest BCUT2D eigenvalue weighted by Gasteiger charge is -2.14. The van der Waals surface area contributed by atoms with Crippen molar-refractivity contribution in [2.24, 2.45) is 0 Å². The number of amides is 2. The summed E-state index contributed by atoms with van der Waals surface area (Å²) in [6, 6.07) is 4.15. The van der Waals surface area contributed by atoms with E-state index in [1.165, 1.54) is 18.2 Å². The van der Waals surface area contributed by atoms with E-state index in [2.05, 4.69) is 15.7 Å². The van der Waals surface area contributed by atoms with Crippen LogP contribution in [0, 0.1) is 13.8 Å². The Bertz CT molecular complexity index is 737. The summed E-state index contributed by atoms with van der Waals surface area (Å²) in [5.41, 5.74) is 1.40. The summed E-state index contributed by atoms with van der Waals surface area (Å²) in [4.78, 5) is 11.9. The number of anilines is 1. The first-order valence-electron chi connectivity index (χ1n) is 7.48. The number of para-hydroxylation sites is 1. The lowest BCUT2D eigenvalue weighted by Crippen LogP contribution is -2.29. The summed E-state index contributed by atoms with van der Waals surface area (Å²) < 4.78 is 40.6. The number of rotatable bonds is 4. The molecule has 1 heterocycles. The van der Waals surface area contributed by atoms with Crippen LogP contribution in [0.25, 0.3) is 0 Å². The van der Waals surface area contributed by atoms with Crippen molar-refractivity contribution in [1.29, 1.82) is 0 Å². The number of halogens is 3. The number of aryl methyl sites for hydroxylation is 2. The van der Waals surface area contributed by atoms with Gasteiger partial charge in [0.2, 0.25) is 0 Å². The zero-order valence-corrected chi connectivity index (χ0v) is 13.7. The molecule has 2 aromatic rings. The molecule has 0 fully saturated rings. The van der Waals surface area contributed by atoms with E-state index in [-0.39, 0.29) is 12.2 Å². The largest absolute Gasteiger partial charge is 0.418 e. The second-order valence-electron chi connectivity index (χ2n) is 5.32. The molecule has 5 nitrogen and oxygen atoms in total. The number of nitrogens with zero attached hydrogens (tertiary/aromatic N) is 2. The second kappa shape index (κ2) is 6.94. The fourth-order valence-electron chi connectivity index (χ4n) is 2.47. The first-order chi connectivity index (χ1) is 11.2. The van der Waals surface area contributed by atoms with Gasteiger partial charge < -0.3 is 10.6 Å². The van der Waals surface area contributed by atoms with Crippen LogP contribution >= 0.6 is 0 Å². The summed E-state index contributed by atoms with van der Waals surface area (Å²) in [5.74, 6) is 0. The Labute approximate surface area is 137 Å². The molecule has 0 saturated heterocycles. The fraction of sp³-hybridized carbons (Fsp3) is 0.375. The van der Waals surface area contributed by atoms with Crippen LogP contribution in [0.4, 0.5) is 23.7 Å². The van der Waals surface area contributed by atoms with Crippen molar-refractivity contribution in [2.75, 3.05) is 5.32 Å². The first kappa shape index (κ1) is 17.8. The van der Waals surface area contributed by atoms with Gasteiger partial charge >= 0.3 is 12.2 Å². The molecular formula is C16H19F3N4O. The van der Waals surface area contributed by atoms with Crippen LogP contribution in [0.1, 0.15) is 29.4 Å². The highest BCUT2D eigenvalue weighted by Crippen LogP contribution is 2.34. The van der Waals surface area contributed by atoms with Gasteiger partial charge in [-0.15, -0.1) is 0 Å². The van der Waals surface area contributed by atoms with Gasteiger partial charge in [-0.05, 0) is 32.9 Å². The van der Waals surface area contributed by atoms with E-state index in [0.717, 1.165) is 23.0 Å². The SMILES string of the molecule is CCn1nc(C)c(CNC(=O)Nc2ccccc2C(F)(F)F)c1C. The number of hydrogen-bond donors (Lipinski definition) is 2. The maximum absolute atomic E-state index is 12.9. The van der Waals surface area contributed by atoms with E-state index in [9.17, 15) is 18.0 Å². The molecular weight excluding hydrogens is 321 g/mol. The molecule has 8 heteroatoms. The van der Waals surface area contributed by atoms with Crippen molar-refractivity contribution in [2.45, 2.75) is 40.0 Å². The quantitative estimate of drug-likeness (QED) is 0.888. The average molecular weight is 340 g/mol. The predicted octanol–water partition coefficient (Wildman–Crippen LogP) is 3.86. The van der Waals surface area contributed by atoms with Crippen molar-refractivity contribution < 1.29 is 18.0 Å². The topological polar surface area (TPSA) is 59.0 Å². The molecule has 2 N–H and O–H groups in total. The molecule has 0 atom stereocenters. The Kier molecular flexibility index (Phi) is 5.16. The molecule has 1 aromatic carbocycles. The summed E-state index contributed by atoms with van der Waals surface area (Å²) in [7, 11) is 0. The summed E-state index contributed by atoms with van der Waals surface area (Å²) in [6.45, 7) is 6.57. The van der Waals surface area contributed by atoms with Crippen molar-refractivity contribution in [3.63, 3.8) is 0 Å². The third kappa shape index (κ3) is 3.87. The number of benzene rings is 1. The van der Waals surface area contributed by atoms with Gasteiger partial charge in [-0.3, -0.25) is 4.68 Å². The smallest absolute Gasteiger partial charge is 0.334 e. The Morgan fingerprint density at radius 2 is 1.92 bits per heavy atom. The first-order valence-corrected chi connectivity index (χ1v) is 7.48. The molecule has 0 saturated carbocycles. The van der Waals surface area contributed by atoms with Gasteiger partial charge in [0.1, 0.15) is 0 Å². The normalized spacial score (nSPS) is 11.4. The van der Waals surface area contributed by atoms with Gasteiger partial charge in [-0.25, -0.2) is 4.79 Å². The number of alkyl halides is 3.